The summed E-state index contributed by atoms with van der Waals surface area (Å²) in [5, 5.41) is 11.2. The predicted octanol–water partition coefficient (Wildman–Crippen LogP) is 1.78. The van der Waals surface area contributed by atoms with Crippen LogP contribution in [-0.2, 0) is 17.3 Å². The van der Waals surface area contributed by atoms with E-state index < -0.39 is 0 Å². The molecule has 0 aliphatic carbocycles. The van der Waals surface area contributed by atoms with E-state index >= 15 is 0 Å². The van der Waals surface area contributed by atoms with Crippen molar-refractivity contribution in [3.05, 3.63) is 17.5 Å². The smallest absolute Gasteiger partial charge is 0.272 e. The molecule has 2 N–H and O–H groups in total. The van der Waals surface area contributed by atoms with Crippen LogP contribution in [0.3, 0.4) is 0 Å². The average Bonchev–Trinajstić information content (AvgIpc) is 3.08. The van der Waals surface area contributed by atoms with Crippen molar-refractivity contribution in [2.24, 2.45) is 13.0 Å². The van der Waals surface area contributed by atoms with Crippen LogP contribution in [0.15, 0.2) is 6.07 Å². The minimum Gasteiger partial charge on any atom is -0.337 e. The highest BCUT2D eigenvalue weighted by Crippen LogP contribution is 2.28. The normalized spacial score (nSPS) is 22.6. The second-order valence-electron chi connectivity index (χ2n) is 9.48. The maximum Gasteiger partial charge on any atom is 0.272 e. The topological polar surface area (TPSA) is 79.3 Å². The quantitative estimate of drug-likeness (QED) is 0.844. The van der Waals surface area contributed by atoms with Gasteiger partial charge in [-0.25, -0.2) is 0 Å². The van der Waals surface area contributed by atoms with E-state index in [2.05, 4.69) is 50.4 Å². The number of nitrogens with zero attached hydrogens (tertiary/aromatic N) is 3. The van der Waals surface area contributed by atoms with Crippen LogP contribution in [0.4, 0.5) is 0 Å². The van der Waals surface area contributed by atoms with Crippen molar-refractivity contribution in [3.63, 3.8) is 0 Å². The molecule has 2 fully saturated rings. The first-order valence-electron chi connectivity index (χ1n) is 9.94. The van der Waals surface area contributed by atoms with Gasteiger partial charge in [-0.2, -0.15) is 5.10 Å². The van der Waals surface area contributed by atoms with E-state index in [0.29, 0.717) is 24.7 Å². The summed E-state index contributed by atoms with van der Waals surface area (Å²) >= 11 is 0. The Bertz CT molecular complexity index is 723. The molecule has 1 atom stereocenters. The van der Waals surface area contributed by atoms with Crippen molar-refractivity contribution < 1.29 is 9.59 Å². The van der Waals surface area contributed by atoms with E-state index in [9.17, 15) is 9.59 Å². The predicted molar refractivity (Wildman–Crippen MR) is 104 cm³/mol. The van der Waals surface area contributed by atoms with Crippen molar-refractivity contribution in [3.8, 4) is 0 Å². The zero-order valence-corrected chi connectivity index (χ0v) is 17.4. The van der Waals surface area contributed by atoms with Crippen molar-refractivity contribution >= 4 is 11.8 Å². The Kier molecular flexibility index (Phi) is 5.10. The molecule has 1 spiro atoms. The molecule has 0 bridgehead atoms. The van der Waals surface area contributed by atoms with E-state index in [1.54, 1.807) is 4.68 Å². The van der Waals surface area contributed by atoms with Gasteiger partial charge in [0.25, 0.3) is 5.91 Å². The summed E-state index contributed by atoms with van der Waals surface area (Å²) < 4.78 is 1.68. The number of hydrogen-bond acceptors (Lipinski definition) is 4. The lowest BCUT2D eigenvalue weighted by molar-refractivity contribution is -0.121. The summed E-state index contributed by atoms with van der Waals surface area (Å²) in [5.74, 6) is 0.565. The molecular weight excluding hydrogens is 342 g/mol. The van der Waals surface area contributed by atoms with Gasteiger partial charge in [-0.05, 0) is 18.4 Å². The Morgan fingerprint density at radius 2 is 1.96 bits per heavy atom. The summed E-state index contributed by atoms with van der Waals surface area (Å²) in [7, 11) is 1.82. The number of aryl methyl sites for hydroxylation is 1. The van der Waals surface area contributed by atoms with Gasteiger partial charge >= 0.3 is 0 Å². The maximum atomic E-state index is 13.0. The van der Waals surface area contributed by atoms with Crippen molar-refractivity contribution in [2.45, 2.75) is 71.0 Å². The van der Waals surface area contributed by atoms with Crippen LogP contribution >= 0.6 is 0 Å². The van der Waals surface area contributed by atoms with Gasteiger partial charge in [-0.1, -0.05) is 34.6 Å². The van der Waals surface area contributed by atoms with Gasteiger partial charge in [0.2, 0.25) is 5.91 Å². The highest BCUT2D eigenvalue weighted by atomic mass is 16.2. The lowest BCUT2D eigenvalue weighted by Gasteiger charge is -2.39. The van der Waals surface area contributed by atoms with Crippen molar-refractivity contribution in [1.82, 2.24) is 25.3 Å². The first-order chi connectivity index (χ1) is 12.5. The van der Waals surface area contributed by atoms with Crippen LogP contribution in [0.2, 0.25) is 0 Å². The standard InChI is InChI=1S/C20H33N5O2/c1-13(2)11-14-17(26)22-20(21-14)7-9-25(10-8-20)18(27)15-12-16(19(3,4)5)23-24(15)6/h12-14,21H,7-11H2,1-6H3,(H,22,26). The number of amides is 2. The van der Waals surface area contributed by atoms with Crippen LogP contribution in [0.1, 0.15) is 70.1 Å². The van der Waals surface area contributed by atoms with Gasteiger partial charge < -0.3 is 10.2 Å². The zero-order valence-electron chi connectivity index (χ0n) is 17.4. The number of hydrogen-bond donors (Lipinski definition) is 2. The molecule has 27 heavy (non-hydrogen) atoms. The van der Waals surface area contributed by atoms with E-state index in [1.165, 1.54) is 0 Å². The Hall–Kier alpha value is -1.89. The third-order valence-corrected chi connectivity index (χ3v) is 5.61. The molecule has 1 aromatic heterocycles. The summed E-state index contributed by atoms with van der Waals surface area (Å²) in [5.41, 5.74) is 1.09. The highest BCUT2D eigenvalue weighted by Gasteiger charge is 2.45. The van der Waals surface area contributed by atoms with E-state index in [0.717, 1.165) is 25.0 Å². The van der Waals surface area contributed by atoms with Gasteiger partial charge in [0.05, 0.1) is 17.4 Å². The Labute approximate surface area is 161 Å². The number of rotatable bonds is 3. The van der Waals surface area contributed by atoms with Crippen molar-refractivity contribution in [1.29, 1.82) is 0 Å². The van der Waals surface area contributed by atoms with Crippen LogP contribution < -0.4 is 10.6 Å². The van der Waals surface area contributed by atoms with E-state index in [4.69, 9.17) is 0 Å². The number of aromatic nitrogens is 2. The third-order valence-electron chi connectivity index (χ3n) is 5.61. The fourth-order valence-electron chi connectivity index (χ4n) is 3.95. The van der Waals surface area contributed by atoms with Gasteiger partial charge in [-0.15, -0.1) is 0 Å². The average molecular weight is 376 g/mol. The first kappa shape index (κ1) is 19.9. The molecule has 2 saturated heterocycles. The molecule has 3 heterocycles. The van der Waals surface area contributed by atoms with Gasteiger partial charge in [0, 0.05) is 38.4 Å². The molecule has 0 saturated carbocycles. The van der Waals surface area contributed by atoms with Gasteiger partial charge in [0.1, 0.15) is 5.69 Å². The minimum atomic E-state index is -0.365. The zero-order chi connectivity index (χ0) is 20.0. The maximum absolute atomic E-state index is 13.0. The number of carbonyl (C=O) groups is 2. The number of likely N-dealkylation sites (tertiary alicyclic amines) is 1. The number of nitrogens with one attached hydrogen (secondary N) is 2. The molecule has 0 radical (unpaired) electrons. The molecule has 3 rings (SSSR count). The Balaban J connectivity index is 1.65. The molecule has 1 aromatic rings. The minimum absolute atomic E-state index is 0.0124. The highest BCUT2D eigenvalue weighted by molar-refractivity contribution is 5.93. The van der Waals surface area contributed by atoms with Gasteiger partial charge in [0.15, 0.2) is 0 Å². The van der Waals surface area contributed by atoms with Crippen LogP contribution in [-0.4, -0.2) is 51.3 Å². The van der Waals surface area contributed by atoms with Gasteiger partial charge in [-0.3, -0.25) is 19.6 Å². The van der Waals surface area contributed by atoms with Crippen LogP contribution in [0.25, 0.3) is 0 Å². The fourth-order valence-corrected chi connectivity index (χ4v) is 3.95. The molecule has 150 valence electrons. The molecule has 7 nitrogen and oxygen atoms in total. The Morgan fingerprint density at radius 3 is 2.48 bits per heavy atom. The number of carbonyl (C=O) groups excluding carboxylic acids is 2. The lowest BCUT2D eigenvalue weighted by Crippen LogP contribution is -2.58. The van der Waals surface area contributed by atoms with Crippen LogP contribution in [0, 0.1) is 5.92 Å². The summed E-state index contributed by atoms with van der Waals surface area (Å²) in [4.78, 5) is 27.2. The molecular formula is C20H33N5O2. The first-order valence-corrected chi connectivity index (χ1v) is 9.94. The molecule has 2 aliphatic rings. The van der Waals surface area contributed by atoms with Crippen molar-refractivity contribution in [2.75, 3.05) is 13.1 Å². The second kappa shape index (κ2) is 6.93. The SMILES string of the molecule is CC(C)CC1NC2(CCN(C(=O)c3cc(C(C)(C)C)nn3C)CC2)NC1=O. The number of piperidine rings is 1. The monoisotopic (exact) mass is 375 g/mol. The van der Waals surface area contributed by atoms with Crippen LogP contribution in [0.5, 0.6) is 0 Å². The molecule has 2 aliphatic heterocycles. The second-order valence-corrected chi connectivity index (χ2v) is 9.48. The van der Waals surface area contributed by atoms with E-state index in [1.807, 2.05) is 18.0 Å². The molecule has 1 unspecified atom stereocenters. The Morgan fingerprint density at radius 1 is 1.33 bits per heavy atom. The molecule has 7 heteroatoms. The lowest BCUT2D eigenvalue weighted by atomic mass is 9.92. The summed E-state index contributed by atoms with van der Waals surface area (Å²) in [6.07, 6.45) is 2.28. The molecule has 0 aromatic carbocycles. The third kappa shape index (κ3) is 4.03. The summed E-state index contributed by atoms with van der Waals surface area (Å²) in [6.45, 7) is 11.8. The fraction of sp³-hybridized carbons (Fsp3) is 0.750. The molecule has 2 amide bonds. The van der Waals surface area contributed by atoms with E-state index in [-0.39, 0.29) is 28.9 Å². The largest absolute Gasteiger partial charge is 0.337 e. The summed E-state index contributed by atoms with van der Waals surface area (Å²) in [6, 6.07) is 1.78.